The number of hydrogen-bond donors (Lipinski definition) is 1. The molecule has 1 N–H and O–H groups in total. The van der Waals surface area contributed by atoms with Crippen LogP contribution in [0.1, 0.15) is 59.2 Å². The van der Waals surface area contributed by atoms with Crippen molar-refractivity contribution < 1.29 is 31.1 Å². The Labute approximate surface area is 218 Å². The van der Waals surface area contributed by atoms with Crippen LogP contribution in [0.2, 0.25) is 0 Å². The predicted molar refractivity (Wildman–Crippen MR) is 131 cm³/mol. The number of halogens is 6. The van der Waals surface area contributed by atoms with Crippen LogP contribution in [0.25, 0.3) is 0 Å². The molecule has 2 aromatic rings. The van der Waals surface area contributed by atoms with Crippen molar-refractivity contribution in [3.05, 3.63) is 70.8 Å². The van der Waals surface area contributed by atoms with E-state index in [1.807, 2.05) is 30.3 Å². The third-order valence-corrected chi connectivity index (χ3v) is 8.33. The van der Waals surface area contributed by atoms with Gasteiger partial charge in [-0.1, -0.05) is 30.3 Å². The Kier molecular flexibility index (Phi) is 7.24. The molecule has 4 nitrogen and oxygen atoms in total. The molecule has 3 heterocycles. The topological polar surface area (TPSA) is 35.6 Å². The maximum Gasteiger partial charge on any atom is 0.416 e. The fourth-order valence-electron chi connectivity index (χ4n) is 6.39. The number of rotatable bonds is 4. The summed E-state index contributed by atoms with van der Waals surface area (Å²) in [5.41, 5.74) is -2.44. The van der Waals surface area contributed by atoms with E-state index >= 15 is 0 Å². The SMILES string of the molecule is O=C(c1cc(C(F)(F)F)cc(C(F)(F)F)c1)N1CCC(N2CCC3(CCCN3)C2)CC1Cc1ccccc1. The Morgan fingerprint density at radius 1 is 0.947 bits per heavy atom. The Morgan fingerprint density at radius 3 is 2.24 bits per heavy atom. The highest BCUT2D eigenvalue weighted by molar-refractivity contribution is 5.95. The van der Waals surface area contributed by atoms with Crippen LogP contribution in [0, 0.1) is 0 Å². The second kappa shape index (κ2) is 10.2. The summed E-state index contributed by atoms with van der Waals surface area (Å²) in [6.07, 6.45) is -4.97. The van der Waals surface area contributed by atoms with Gasteiger partial charge in [0.1, 0.15) is 0 Å². The number of nitrogens with one attached hydrogen (secondary N) is 1. The molecule has 3 fully saturated rings. The third kappa shape index (κ3) is 5.71. The van der Waals surface area contributed by atoms with Crippen LogP contribution in [0.4, 0.5) is 26.3 Å². The van der Waals surface area contributed by atoms with Gasteiger partial charge in [0.15, 0.2) is 0 Å². The molecule has 5 rings (SSSR count). The van der Waals surface area contributed by atoms with Crippen molar-refractivity contribution in [2.45, 2.75) is 68.5 Å². The van der Waals surface area contributed by atoms with Gasteiger partial charge >= 0.3 is 12.4 Å². The highest BCUT2D eigenvalue weighted by Crippen LogP contribution is 2.38. The van der Waals surface area contributed by atoms with Gasteiger partial charge in [0.05, 0.1) is 11.1 Å². The van der Waals surface area contributed by atoms with E-state index in [-0.39, 0.29) is 30.2 Å². The molecule has 0 aliphatic carbocycles. The van der Waals surface area contributed by atoms with E-state index in [0.29, 0.717) is 31.4 Å². The highest BCUT2D eigenvalue weighted by Gasteiger charge is 2.44. The first-order valence-electron chi connectivity index (χ1n) is 13.1. The number of piperidine rings is 1. The van der Waals surface area contributed by atoms with Crippen LogP contribution in [-0.2, 0) is 18.8 Å². The molecule has 0 radical (unpaired) electrons. The molecular weight excluding hydrogens is 508 g/mol. The number of amides is 1. The van der Waals surface area contributed by atoms with E-state index in [1.165, 1.54) is 4.90 Å². The lowest BCUT2D eigenvalue weighted by Crippen LogP contribution is -2.53. The number of benzene rings is 2. The number of alkyl halides is 6. The summed E-state index contributed by atoms with van der Waals surface area (Å²) >= 11 is 0. The standard InChI is InChI=1S/C28H31F6N3O/c29-27(30,31)21-14-20(15-22(16-21)28(32,33)34)25(38)37-11-7-23(17-24(37)13-19-5-2-1-3-6-19)36-12-9-26(18-36)8-4-10-35-26/h1-3,5-6,14-16,23-24,35H,4,7-13,17-18H2. The summed E-state index contributed by atoms with van der Waals surface area (Å²) in [7, 11) is 0. The molecule has 3 aliphatic rings. The van der Waals surface area contributed by atoms with Gasteiger partial charge in [0, 0.05) is 42.8 Å². The van der Waals surface area contributed by atoms with Crippen LogP contribution in [0.15, 0.2) is 48.5 Å². The van der Waals surface area contributed by atoms with Gasteiger partial charge in [-0.05, 0) is 68.8 Å². The van der Waals surface area contributed by atoms with Gasteiger partial charge in [0.25, 0.3) is 5.91 Å². The van der Waals surface area contributed by atoms with Gasteiger partial charge in [-0.3, -0.25) is 9.69 Å². The molecule has 1 amide bonds. The maximum atomic E-state index is 13.6. The minimum Gasteiger partial charge on any atom is -0.335 e. The molecule has 0 aromatic heterocycles. The number of hydrogen-bond acceptors (Lipinski definition) is 3. The van der Waals surface area contributed by atoms with Crippen molar-refractivity contribution in [1.82, 2.24) is 15.1 Å². The minimum absolute atomic E-state index is 0.0603. The zero-order chi connectivity index (χ0) is 27.1. The molecule has 38 heavy (non-hydrogen) atoms. The van der Waals surface area contributed by atoms with Crippen LogP contribution >= 0.6 is 0 Å². The predicted octanol–water partition coefficient (Wildman–Crippen LogP) is 5.77. The van der Waals surface area contributed by atoms with Crippen molar-refractivity contribution in [2.24, 2.45) is 0 Å². The zero-order valence-corrected chi connectivity index (χ0v) is 20.9. The monoisotopic (exact) mass is 539 g/mol. The lowest BCUT2D eigenvalue weighted by atomic mass is 9.90. The minimum atomic E-state index is -5.01. The summed E-state index contributed by atoms with van der Waals surface area (Å²) in [6.45, 7) is 3.14. The Morgan fingerprint density at radius 2 is 1.63 bits per heavy atom. The molecule has 3 saturated heterocycles. The second-order valence-corrected chi connectivity index (χ2v) is 10.8. The smallest absolute Gasteiger partial charge is 0.335 e. The molecule has 0 bridgehead atoms. The van der Waals surface area contributed by atoms with Crippen LogP contribution in [0.5, 0.6) is 0 Å². The molecule has 2 aromatic carbocycles. The lowest BCUT2D eigenvalue weighted by molar-refractivity contribution is -0.143. The van der Waals surface area contributed by atoms with Gasteiger partial charge in [-0.2, -0.15) is 26.3 Å². The second-order valence-electron chi connectivity index (χ2n) is 10.8. The summed E-state index contributed by atoms with van der Waals surface area (Å²) in [6, 6.07) is 10.5. The molecule has 10 heteroatoms. The molecule has 3 atom stereocenters. The molecule has 1 spiro atoms. The third-order valence-electron chi connectivity index (χ3n) is 8.33. The molecule has 3 aliphatic heterocycles. The fourth-order valence-corrected chi connectivity index (χ4v) is 6.39. The summed E-state index contributed by atoms with van der Waals surface area (Å²) in [5.74, 6) is -0.795. The number of nitrogens with zero attached hydrogens (tertiary/aromatic N) is 2. The Bertz CT molecular complexity index is 1110. The Hall–Kier alpha value is -2.59. The normalized spacial score (nSPS) is 26.8. The largest absolute Gasteiger partial charge is 0.416 e. The number of likely N-dealkylation sites (tertiary alicyclic amines) is 2. The first-order chi connectivity index (χ1) is 17.9. The quantitative estimate of drug-likeness (QED) is 0.502. The Balaban J connectivity index is 1.42. The average Bonchev–Trinajstić information content (AvgIpc) is 3.52. The van der Waals surface area contributed by atoms with Gasteiger partial charge in [-0.15, -0.1) is 0 Å². The zero-order valence-electron chi connectivity index (χ0n) is 20.9. The van der Waals surface area contributed by atoms with Crippen molar-refractivity contribution >= 4 is 5.91 Å². The summed E-state index contributed by atoms with van der Waals surface area (Å²) in [4.78, 5) is 17.5. The van der Waals surface area contributed by atoms with Gasteiger partial charge in [-0.25, -0.2) is 0 Å². The average molecular weight is 540 g/mol. The summed E-state index contributed by atoms with van der Waals surface area (Å²) in [5, 5.41) is 3.65. The van der Waals surface area contributed by atoms with Crippen molar-refractivity contribution in [2.75, 3.05) is 26.2 Å². The van der Waals surface area contributed by atoms with E-state index in [9.17, 15) is 31.1 Å². The molecule has 0 saturated carbocycles. The number of carbonyl (C=O) groups excluding carboxylic acids is 1. The van der Waals surface area contributed by atoms with Crippen molar-refractivity contribution in [3.63, 3.8) is 0 Å². The lowest BCUT2D eigenvalue weighted by Gasteiger charge is -2.43. The van der Waals surface area contributed by atoms with E-state index in [2.05, 4.69) is 10.2 Å². The maximum absolute atomic E-state index is 13.6. The number of carbonyl (C=O) groups is 1. The molecule has 206 valence electrons. The first kappa shape index (κ1) is 27.0. The van der Waals surface area contributed by atoms with Crippen LogP contribution < -0.4 is 5.32 Å². The van der Waals surface area contributed by atoms with Crippen molar-refractivity contribution in [3.8, 4) is 0 Å². The highest BCUT2D eigenvalue weighted by atomic mass is 19.4. The van der Waals surface area contributed by atoms with Gasteiger partial charge in [0.2, 0.25) is 0 Å². The van der Waals surface area contributed by atoms with Crippen LogP contribution in [-0.4, -0.2) is 59.5 Å². The molecule has 3 unspecified atom stereocenters. The van der Waals surface area contributed by atoms with Gasteiger partial charge < -0.3 is 10.2 Å². The fraction of sp³-hybridized carbons (Fsp3) is 0.536. The van der Waals surface area contributed by atoms with E-state index < -0.39 is 35.0 Å². The first-order valence-corrected chi connectivity index (χ1v) is 13.1. The van der Waals surface area contributed by atoms with E-state index in [0.717, 1.165) is 44.5 Å². The van der Waals surface area contributed by atoms with Crippen molar-refractivity contribution in [1.29, 1.82) is 0 Å². The van der Waals surface area contributed by atoms with Crippen LogP contribution in [0.3, 0.4) is 0 Å². The summed E-state index contributed by atoms with van der Waals surface area (Å²) < 4.78 is 80.7. The van der Waals surface area contributed by atoms with E-state index in [1.54, 1.807) is 0 Å². The molecular formula is C28H31F6N3O. The van der Waals surface area contributed by atoms with E-state index in [4.69, 9.17) is 0 Å².